The van der Waals surface area contributed by atoms with Crippen molar-refractivity contribution in [2.24, 2.45) is 5.73 Å². The summed E-state index contributed by atoms with van der Waals surface area (Å²) in [6, 6.07) is 11.5. The van der Waals surface area contributed by atoms with Crippen LogP contribution in [0.5, 0.6) is 0 Å². The van der Waals surface area contributed by atoms with Gasteiger partial charge in [0.1, 0.15) is 17.4 Å². The van der Waals surface area contributed by atoms with Crippen LogP contribution in [0.4, 0.5) is 0 Å². The molecule has 3 rings (SSSR count). The first-order valence-corrected chi connectivity index (χ1v) is 12.0. The van der Waals surface area contributed by atoms with Gasteiger partial charge in [-0.3, -0.25) is 0 Å². The van der Waals surface area contributed by atoms with E-state index in [2.05, 4.69) is 6.07 Å². The Morgan fingerprint density at radius 1 is 1.21 bits per heavy atom. The minimum Gasteiger partial charge on any atom is -0.463 e. The summed E-state index contributed by atoms with van der Waals surface area (Å²) in [7, 11) is 0. The lowest BCUT2D eigenvalue weighted by atomic mass is 9.80. The van der Waals surface area contributed by atoms with Crippen LogP contribution < -0.4 is 5.73 Å². The van der Waals surface area contributed by atoms with Gasteiger partial charge in [0.15, 0.2) is 0 Å². The van der Waals surface area contributed by atoms with Crippen molar-refractivity contribution in [1.82, 2.24) is 0 Å². The van der Waals surface area contributed by atoms with Crippen molar-refractivity contribution in [3.8, 4) is 6.07 Å². The average molecular weight is 503 g/mol. The fourth-order valence-corrected chi connectivity index (χ4v) is 5.35. The highest BCUT2D eigenvalue weighted by Crippen LogP contribution is 2.42. The largest absolute Gasteiger partial charge is 0.463 e. The highest BCUT2D eigenvalue weighted by Gasteiger charge is 2.37. The molecule has 0 fully saturated rings. The van der Waals surface area contributed by atoms with Gasteiger partial charge in [0, 0.05) is 15.7 Å². The minimum absolute atomic E-state index is 0.00495. The van der Waals surface area contributed by atoms with Gasteiger partial charge in [-0.05, 0) is 68.1 Å². The molecule has 0 amide bonds. The second kappa shape index (κ2) is 10.6. The lowest BCUT2D eigenvalue weighted by Crippen LogP contribution is -2.26. The number of esters is 1. The lowest BCUT2D eigenvalue weighted by Gasteiger charge is -2.28. The van der Waals surface area contributed by atoms with E-state index in [4.69, 9.17) is 38.4 Å². The van der Waals surface area contributed by atoms with E-state index < -0.39 is 11.9 Å². The zero-order chi connectivity index (χ0) is 24.3. The van der Waals surface area contributed by atoms with Crippen LogP contribution in [0.25, 0.3) is 0 Å². The predicted octanol–water partition coefficient (Wildman–Crippen LogP) is 6.55. The van der Waals surface area contributed by atoms with Crippen molar-refractivity contribution >= 4 is 40.9 Å². The molecule has 2 aromatic rings. The Kier molecular flexibility index (Phi) is 8.01. The molecule has 2 N–H and O–H groups in total. The molecule has 33 heavy (non-hydrogen) atoms. The van der Waals surface area contributed by atoms with Crippen molar-refractivity contribution in [3.63, 3.8) is 0 Å². The minimum atomic E-state index is -0.679. The van der Waals surface area contributed by atoms with Gasteiger partial charge >= 0.3 is 5.97 Å². The number of carbonyl (C=O) groups excluding carboxylic acids is 1. The number of rotatable bonds is 6. The summed E-state index contributed by atoms with van der Waals surface area (Å²) in [4.78, 5) is 13.7. The van der Waals surface area contributed by atoms with Crippen molar-refractivity contribution in [3.05, 3.63) is 85.4 Å². The number of hydrogen-bond acceptors (Lipinski definition) is 6. The van der Waals surface area contributed by atoms with Crippen LogP contribution in [-0.4, -0.2) is 12.6 Å². The number of allylic oxidation sites excluding steroid dienone is 2. The average Bonchev–Trinajstić information content (AvgIpc) is 2.75. The topological polar surface area (TPSA) is 85.3 Å². The molecule has 1 aliphatic heterocycles. The first-order chi connectivity index (χ1) is 15.7. The molecule has 2 aromatic carbocycles. The standard InChI is InChI=1S/C25H24Cl2N2O3S/c1-5-31-25(30)22-15(4)32-24(29)19(11-28)23(22)18-9-16(13(2)8-14(18)3)12-33-21-10-17(26)6-7-20(21)27/h6-10,23H,5,12,29H2,1-4H3. The van der Waals surface area contributed by atoms with E-state index >= 15 is 0 Å². The highest BCUT2D eigenvalue weighted by molar-refractivity contribution is 7.98. The molecule has 8 heteroatoms. The van der Waals surface area contributed by atoms with Crippen molar-refractivity contribution < 1.29 is 14.3 Å². The Hall–Kier alpha value is -2.59. The van der Waals surface area contributed by atoms with E-state index in [0.717, 1.165) is 27.1 Å². The SMILES string of the molecule is CCOC(=O)C1=C(C)OC(N)=C(C#N)C1c1cc(CSc2cc(Cl)ccc2Cl)c(C)cc1C. The number of nitriles is 1. The van der Waals surface area contributed by atoms with Crippen molar-refractivity contribution in [1.29, 1.82) is 5.26 Å². The van der Waals surface area contributed by atoms with Crippen LogP contribution >= 0.6 is 35.0 Å². The molecule has 1 heterocycles. The summed E-state index contributed by atoms with van der Waals surface area (Å²) >= 11 is 14.0. The second-order valence-corrected chi connectivity index (χ2v) is 9.47. The van der Waals surface area contributed by atoms with Gasteiger partial charge in [0.05, 0.1) is 23.1 Å². The fourth-order valence-electron chi connectivity index (χ4n) is 3.79. The molecule has 172 valence electrons. The Labute approximate surface area is 208 Å². The number of hydrogen-bond donors (Lipinski definition) is 1. The second-order valence-electron chi connectivity index (χ2n) is 7.61. The van der Waals surface area contributed by atoms with Crippen LogP contribution in [0.2, 0.25) is 10.0 Å². The van der Waals surface area contributed by atoms with Crippen molar-refractivity contribution in [2.45, 2.75) is 44.3 Å². The quantitative estimate of drug-likeness (QED) is 0.356. The summed E-state index contributed by atoms with van der Waals surface area (Å²) in [5, 5.41) is 11.1. The third-order valence-corrected chi connectivity index (χ3v) is 7.19. The van der Waals surface area contributed by atoms with Crippen LogP contribution in [-0.2, 0) is 20.0 Å². The maximum Gasteiger partial charge on any atom is 0.338 e. The number of carbonyl (C=O) groups is 1. The van der Waals surface area contributed by atoms with Crippen molar-refractivity contribution in [2.75, 3.05) is 6.61 Å². The van der Waals surface area contributed by atoms with Gasteiger partial charge in [0.25, 0.3) is 0 Å². The lowest BCUT2D eigenvalue weighted by molar-refractivity contribution is -0.139. The monoisotopic (exact) mass is 502 g/mol. The Morgan fingerprint density at radius 3 is 2.61 bits per heavy atom. The number of aryl methyl sites for hydroxylation is 2. The molecule has 0 bridgehead atoms. The Morgan fingerprint density at radius 2 is 1.94 bits per heavy atom. The highest BCUT2D eigenvalue weighted by atomic mass is 35.5. The Bertz CT molecular complexity index is 1210. The molecule has 0 aromatic heterocycles. The third kappa shape index (κ3) is 5.33. The first-order valence-electron chi connectivity index (χ1n) is 10.3. The summed E-state index contributed by atoms with van der Waals surface area (Å²) in [6.45, 7) is 7.57. The van der Waals surface area contributed by atoms with E-state index in [0.29, 0.717) is 21.6 Å². The number of nitrogens with two attached hydrogens (primary N) is 1. The van der Waals surface area contributed by atoms with Crippen LogP contribution in [0.3, 0.4) is 0 Å². The summed E-state index contributed by atoms with van der Waals surface area (Å²) < 4.78 is 10.8. The molecule has 0 saturated carbocycles. The van der Waals surface area contributed by atoms with Gasteiger partial charge in [-0.15, -0.1) is 11.8 Å². The van der Waals surface area contributed by atoms with Gasteiger partial charge in [-0.1, -0.05) is 35.3 Å². The van der Waals surface area contributed by atoms with E-state index in [9.17, 15) is 10.1 Å². The van der Waals surface area contributed by atoms with Crippen LogP contribution in [0, 0.1) is 25.2 Å². The first kappa shape index (κ1) is 25.0. The molecule has 0 spiro atoms. The molecule has 5 nitrogen and oxygen atoms in total. The Balaban J connectivity index is 2.07. The zero-order valence-corrected chi connectivity index (χ0v) is 21.1. The van der Waals surface area contributed by atoms with E-state index in [-0.39, 0.29) is 23.6 Å². The predicted molar refractivity (Wildman–Crippen MR) is 132 cm³/mol. The molecule has 1 atom stereocenters. The molecule has 0 radical (unpaired) electrons. The van der Waals surface area contributed by atoms with Gasteiger partial charge in [-0.25, -0.2) is 4.79 Å². The molecule has 1 aliphatic rings. The van der Waals surface area contributed by atoms with Crippen LogP contribution in [0.15, 0.2) is 58.0 Å². The maximum atomic E-state index is 12.8. The number of benzene rings is 2. The number of halogens is 2. The third-order valence-electron chi connectivity index (χ3n) is 5.41. The molecule has 0 saturated heterocycles. The number of nitrogens with zero attached hydrogens (tertiary/aromatic N) is 1. The maximum absolute atomic E-state index is 12.8. The molecule has 1 unspecified atom stereocenters. The summed E-state index contributed by atoms with van der Waals surface area (Å²) in [5.74, 6) is -0.254. The van der Waals surface area contributed by atoms with E-state index in [1.807, 2.05) is 32.0 Å². The van der Waals surface area contributed by atoms with Gasteiger partial charge in [0.2, 0.25) is 5.88 Å². The smallest absolute Gasteiger partial charge is 0.338 e. The van der Waals surface area contributed by atoms with Gasteiger partial charge in [-0.2, -0.15) is 5.26 Å². The van der Waals surface area contributed by atoms with E-state index in [1.54, 1.807) is 37.7 Å². The fraction of sp³-hybridized carbons (Fsp3) is 0.280. The number of thioether (sulfide) groups is 1. The number of ether oxygens (including phenoxy) is 2. The van der Waals surface area contributed by atoms with Crippen LogP contribution in [0.1, 0.15) is 42.0 Å². The zero-order valence-electron chi connectivity index (χ0n) is 18.8. The molecule has 0 aliphatic carbocycles. The summed E-state index contributed by atoms with van der Waals surface area (Å²) in [6.07, 6.45) is 0. The molecular weight excluding hydrogens is 479 g/mol. The van der Waals surface area contributed by atoms with Gasteiger partial charge < -0.3 is 15.2 Å². The molecular formula is C25H24Cl2N2O3S. The van der Waals surface area contributed by atoms with E-state index in [1.165, 1.54) is 0 Å². The normalized spacial score (nSPS) is 15.8. The summed E-state index contributed by atoms with van der Waals surface area (Å²) in [5.41, 5.74) is 10.4.